The van der Waals surface area contributed by atoms with Crippen molar-refractivity contribution in [2.75, 3.05) is 5.73 Å². The second kappa shape index (κ2) is 8.53. The summed E-state index contributed by atoms with van der Waals surface area (Å²) in [7, 11) is 0. The average molecular weight is 351 g/mol. The Balaban J connectivity index is 0.000000209. The minimum atomic E-state index is 0.890. The van der Waals surface area contributed by atoms with Crippen molar-refractivity contribution < 1.29 is 0 Å². The molecule has 0 unspecified atom stereocenters. The Kier molecular flexibility index (Phi) is 6.63. The van der Waals surface area contributed by atoms with E-state index in [2.05, 4.69) is 58.7 Å². The summed E-state index contributed by atoms with van der Waals surface area (Å²) in [5, 5.41) is 0. The second-order valence-electron chi connectivity index (χ2n) is 7.80. The highest BCUT2D eigenvalue weighted by Gasteiger charge is 2.16. The fourth-order valence-corrected chi connectivity index (χ4v) is 3.90. The van der Waals surface area contributed by atoms with Crippen molar-refractivity contribution in [1.82, 2.24) is 4.98 Å². The number of anilines is 1. The molecule has 0 aliphatic heterocycles. The van der Waals surface area contributed by atoms with E-state index in [1.165, 1.54) is 58.2 Å². The number of hydrogen-bond donors (Lipinski definition) is 1. The van der Waals surface area contributed by atoms with Crippen LogP contribution in [0.3, 0.4) is 0 Å². The van der Waals surface area contributed by atoms with E-state index in [0.29, 0.717) is 0 Å². The standard InChI is InChI=1S/C14H20N2.C10H14/c1-9-6-4-5-7-12(9)14-11(3)16-10(2)8-13(14)15;1-7-5-8(2)10(4)9(3)6-7/h8H,4-7H2,1-3H3,(H2,15,16);5-6H,1-4H3. The van der Waals surface area contributed by atoms with Gasteiger partial charge in [0.1, 0.15) is 0 Å². The summed E-state index contributed by atoms with van der Waals surface area (Å²) < 4.78 is 0. The lowest BCUT2D eigenvalue weighted by atomic mass is 9.87. The normalized spacial score (nSPS) is 14.1. The van der Waals surface area contributed by atoms with Crippen LogP contribution in [-0.4, -0.2) is 4.98 Å². The van der Waals surface area contributed by atoms with E-state index < -0.39 is 0 Å². The topological polar surface area (TPSA) is 38.9 Å². The number of nitrogen functional groups attached to an aromatic ring is 1. The predicted octanol–water partition coefficient (Wildman–Crippen LogP) is 6.55. The van der Waals surface area contributed by atoms with Crippen LogP contribution in [0.1, 0.15) is 71.8 Å². The van der Waals surface area contributed by atoms with Crippen molar-refractivity contribution in [2.24, 2.45) is 0 Å². The molecule has 1 aliphatic carbocycles. The summed E-state index contributed by atoms with van der Waals surface area (Å²) in [4.78, 5) is 4.53. The number of aromatic nitrogens is 1. The highest BCUT2D eigenvalue weighted by atomic mass is 14.7. The Morgan fingerprint density at radius 3 is 1.92 bits per heavy atom. The van der Waals surface area contributed by atoms with E-state index in [9.17, 15) is 0 Å². The van der Waals surface area contributed by atoms with Gasteiger partial charge in [0.2, 0.25) is 0 Å². The smallest absolute Gasteiger partial charge is 0.0471 e. The fourth-order valence-electron chi connectivity index (χ4n) is 3.90. The Morgan fingerprint density at radius 1 is 0.808 bits per heavy atom. The van der Waals surface area contributed by atoms with Gasteiger partial charge in [-0.2, -0.15) is 0 Å². The van der Waals surface area contributed by atoms with Crippen molar-refractivity contribution >= 4 is 11.3 Å². The van der Waals surface area contributed by atoms with Gasteiger partial charge >= 0.3 is 0 Å². The summed E-state index contributed by atoms with van der Waals surface area (Å²) in [5.74, 6) is 0. The van der Waals surface area contributed by atoms with E-state index in [1.54, 1.807) is 0 Å². The molecule has 0 bridgehead atoms. The molecule has 140 valence electrons. The summed E-state index contributed by atoms with van der Waals surface area (Å²) in [6.45, 7) is 14.9. The molecule has 2 N–H and O–H groups in total. The van der Waals surface area contributed by atoms with Crippen molar-refractivity contribution in [1.29, 1.82) is 0 Å². The Labute approximate surface area is 159 Å². The number of aryl methyl sites for hydroxylation is 5. The summed E-state index contributed by atoms with van der Waals surface area (Å²) in [6, 6.07) is 6.43. The number of benzene rings is 1. The molecule has 2 aromatic rings. The Hall–Kier alpha value is -2.09. The maximum absolute atomic E-state index is 6.14. The molecule has 0 spiro atoms. The molecule has 1 heterocycles. The first-order chi connectivity index (χ1) is 12.2. The lowest BCUT2D eigenvalue weighted by Gasteiger charge is -2.21. The molecule has 0 saturated carbocycles. The molecule has 1 aromatic carbocycles. The molecule has 0 radical (unpaired) electrons. The zero-order valence-electron chi connectivity index (χ0n) is 17.6. The van der Waals surface area contributed by atoms with Gasteiger partial charge in [0.15, 0.2) is 0 Å². The van der Waals surface area contributed by atoms with E-state index in [-0.39, 0.29) is 0 Å². The highest BCUT2D eigenvalue weighted by Crippen LogP contribution is 2.36. The van der Waals surface area contributed by atoms with Crippen LogP contribution in [0.25, 0.3) is 5.57 Å². The predicted molar refractivity (Wildman–Crippen MR) is 115 cm³/mol. The van der Waals surface area contributed by atoms with Gasteiger partial charge in [-0.05, 0) is 102 Å². The van der Waals surface area contributed by atoms with Crippen LogP contribution in [0.4, 0.5) is 5.69 Å². The number of rotatable bonds is 1. The number of hydrogen-bond acceptors (Lipinski definition) is 2. The van der Waals surface area contributed by atoms with E-state index in [4.69, 9.17) is 5.73 Å². The highest BCUT2D eigenvalue weighted by molar-refractivity contribution is 5.78. The van der Waals surface area contributed by atoms with Gasteiger partial charge < -0.3 is 5.73 Å². The lowest BCUT2D eigenvalue weighted by molar-refractivity contribution is 0.713. The van der Waals surface area contributed by atoms with Gasteiger partial charge in [0.25, 0.3) is 0 Å². The van der Waals surface area contributed by atoms with Crippen LogP contribution < -0.4 is 5.73 Å². The van der Waals surface area contributed by atoms with E-state index >= 15 is 0 Å². The Bertz CT molecular complexity index is 782. The van der Waals surface area contributed by atoms with Crippen molar-refractivity contribution in [3.8, 4) is 0 Å². The third-order valence-corrected chi connectivity index (χ3v) is 5.48. The van der Waals surface area contributed by atoms with Crippen molar-refractivity contribution in [3.63, 3.8) is 0 Å². The van der Waals surface area contributed by atoms with Crippen LogP contribution in [-0.2, 0) is 0 Å². The van der Waals surface area contributed by atoms with Gasteiger partial charge in [-0.15, -0.1) is 0 Å². The fraction of sp³-hybridized carbons (Fsp3) is 0.458. The number of allylic oxidation sites excluding steroid dienone is 2. The minimum Gasteiger partial charge on any atom is -0.398 e. The van der Waals surface area contributed by atoms with Crippen LogP contribution in [0.15, 0.2) is 23.8 Å². The molecule has 0 fully saturated rings. The maximum Gasteiger partial charge on any atom is 0.0471 e. The molecule has 1 aliphatic rings. The third kappa shape index (κ3) is 4.75. The molecule has 3 rings (SSSR count). The van der Waals surface area contributed by atoms with Gasteiger partial charge in [0, 0.05) is 22.6 Å². The van der Waals surface area contributed by atoms with Gasteiger partial charge in [0.05, 0.1) is 0 Å². The van der Waals surface area contributed by atoms with Crippen LogP contribution in [0.2, 0.25) is 0 Å². The lowest BCUT2D eigenvalue weighted by Crippen LogP contribution is -2.05. The summed E-state index contributed by atoms with van der Waals surface area (Å²) in [5.41, 5.74) is 18.8. The molecule has 2 heteroatoms. The van der Waals surface area contributed by atoms with Gasteiger partial charge in [-0.3, -0.25) is 4.98 Å². The Morgan fingerprint density at radius 2 is 1.38 bits per heavy atom. The molecule has 0 atom stereocenters. The second-order valence-corrected chi connectivity index (χ2v) is 7.80. The SMILES string of the molecule is CC1=C(c2c(N)cc(C)nc2C)CCCC1.Cc1cc(C)c(C)c(C)c1. The molecule has 0 saturated heterocycles. The minimum absolute atomic E-state index is 0.890. The summed E-state index contributed by atoms with van der Waals surface area (Å²) >= 11 is 0. The quantitative estimate of drug-likeness (QED) is 0.633. The van der Waals surface area contributed by atoms with E-state index in [1.807, 2.05) is 13.0 Å². The molecule has 0 amide bonds. The van der Waals surface area contributed by atoms with Crippen LogP contribution in [0, 0.1) is 41.5 Å². The average Bonchev–Trinajstić information content (AvgIpc) is 2.54. The zero-order valence-corrected chi connectivity index (χ0v) is 17.6. The zero-order chi connectivity index (χ0) is 19.4. The van der Waals surface area contributed by atoms with E-state index in [0.717, 1.165) is 23.5 Å². The first kappa shape index (κ1) is 20.2. The molecular weight excluding hydrogens is 316 g/mol. The first-order valence-electron chi connectivity index (χ1n) is 9.68. The third-order valence-electron chi connectivity index (χ3n) is 5.48. The first-order valence-corrected chi connectivity index (χ1v) is 9.68. The van der Waals surface area contributed by atoms with Crippen LogP contribution in [0.5, 0.6) is 0 Å². The van der Waals surface area contributed by atoms with Crippen molar-refractivity contribution in [2.45, 2.75) is 74.1 Å². The monoisotopic (exact) mass is 350 g/mol. The molecular formula is C24H34N2. The van der Waals surface area contributed by atoms with Gasteiger partial charge in [-0.1, -0.05) is 23.3 Å². The maximum atomic E-state index is 6.14. The molecule has 26 heavy (non-hydrogen) atoms. The van der Waals surface area contributed by atoms with Crippen LogP contribution >= 0.6 is 0 Å². The van der Waals surface area contributed by atoms with Crippen molar-refractivity contribution in [3.05, 3.63) is 63.0 Å². The number of nitrogens with two attached hydrogens (primary N) is 1. The summed E-state index contributed by atoms with van der Waals surface area (Å²) in [6.07, 6.45) is 4.96. The molecule has 1 aromatic heterocycles. The largest absolute Gasteiger partial charge is 0.398 e. The van der Waals surface area contributed by atoms with Gasteiger partial charge in [-0.25, -0.2) is 0 Å². The molecule has 2 nitrogen and oxygen atoms in total. The number of pyridine rings is 1. The number of nitrogens with zero attached hydrogens (tertiary/aromatic N) is 1.